The lowest BCUT2D eigenvalue weighted by atomic mass is 10.00. The number of para-hydroxylation sites is 2. The molecule has 0 bridgehead atoms. The van der Waals surface area contributed by atoms with Crippen LogP contribution in [0.2, 0.25) is 0 Å². The molecule has 22 heteroatoms. The monoisotopic (exact) mass is 1150 g/mol. The Morgan fingerprint density at radius 1 is 0.470 bits per heavy atom. The van der Waals surface area contributed by atoms with Gasteiger partial charge in [-0.2, -0.15) is 12.6 Å². The summed E-state index contributed by atoms with van der Waals surface area (Å²) in [7, 11) is 0. The lowest BCUT2D eigenvalue weighted by Gasteiger charge is -2.28. The molecule has 436 valence electrons. The van der Waals surface area contributed by atoms with Gasteiger partial charge in [-0.25, -0.2) is 4.79 Å². The number of hydrogen-bond acceptors (Lipinski definition) is 12. The van der Waals surface area contributed by atoms with E-state index in [1.54, 1.807) is 79.1 Å². The molecule has 15 N–H and O–H groups in total. The van der Waals surface area contributed by atoms with Gasteiger partial charge in [-0.3, -0.25) is 33.6 Å². The SMILES string of the molecule is C[C@@H](O)[C@H](NC(=O)[C@H](CCCN)NC(=O)[C@@H](Cc1c[nH]c2ccccc12)NC(=O)[C@H](Cc1c[nH]c2ccccc12)NC(=O)[C@H](Cc1ccccc1)NC(=O)[C@H](CS)NC(=O)[C@H](N)Cc1ccccc1)C(=O)N[C@@H](Cc1ccccc1)C(=O)O. The molecule has 0 aliphatic carbocycles. The Hall–Kier alpha value is -8.83. The van der Waals surface area contributed by atoms with Gasteiger partial charge in [-0.05, 0) is 72.7 Å². The number of carbonyl (C=O) groups excluding carboxylic acids is 7. The van der Waals surface area contributed by atoms with E-state index in [-0.39, 0.29) is 57.2 Å². The number of aliphatic hydroxyl groups is 1. The Morgan fingerprint density at radius 3 is 1.29 bits per heavy atom. The van der Waals surface area contributed by atoms with Crippen molar-refractivity contribution in [1.82, 2.24) is 47.2 Å². The van der Waals surface area contributed by atoms with Gasteiger partial charge in [0, 0.05) is 65.6 Å². The summed E-state index contributed by atoms with van der Waals surface area (Å²) in [4.78, 5) is 119. The first kappa shape index (κ1) is 61.8. The minimum absolute atomic E-state index is 0.0517. The van der Waals surface area contributed by atoms with Gasteiger partial charge in [-0.15, -0.1) is 0 Å². The molecule has 2 aromatic heterocycles. The highest BCUT2D eigenvalue weighted by Gasteiger charge is 2.36. The first-order chi connectivity index (χ1) is 40.0. The third kappa shape index (κ3) is 17.6. The first-order valence-corrected chi connectivity index (χ1v) is 28.0. The quantitative estimate of drug-likeness (QED) is 0.0288. The molecule has 0 fully saturated rings. The molecule has 0 saturated carbocycles. The highest BCUT2D eigenvalue weighted by Crippen LogP contribution is 2.22. The summed E-state index contributed by atoms with van der Waals surface area (Å²) in [5.41, 5.74) is 16.9. The second kappa shape index (κ2) is 30.3. The van der Waals surface area contributed by atoms with Crippen molar-refractivity contribution in [2.75, 3.05) is 12.3 Å². The first-order valence-electron chi connectivity index (χ1n) is 27.3. The smallest absolute Gasteiger partial charge is 0.326 e. The topological polar surface area (TPSA) is 345 Å². The highest BCUT2D eigenvalue weighted by molar-refractivity contribution is 7.80. The number of amides is 7. The lowest BCUT2D eigenvalue weighted by Crippen LogP contribution is -2.62. The van der Waals surface area contributed by atoms with E-state index in [0.717, 1.165) is 27.4 Å². The van der Waals surface area contributed by atoms with Crippen molar-refractivity contribution < 1.29 is 48.6 Å². The molecular formula is C61H71N11O10S. The summed E-state index contributed by atoms with van der Waals surface area (Å²) in [5.74, 6) is -7.22. The molecule has 7 rings (SSSR count). The van der Waals surface area contributed by atoms with E-state index in [2.05, 4.69) is 59.8 Å². The van der Waals surface area contributed by atoms with Crippen molar-refractivity contribution in [1.29, 1.82) is 0 Å². The molecule has 0 aliphatic heterocycles. The molecule has 0 aliphatic rings. The lowest BCUT2D eigenvalue weighted by molar-refractivity contribution is -0.143. The van der Waals surface area contributed by atoms with Crippen LogP contribution < -0.4 is 48.7 Å². The van der Waals surface area contributed by atoms with Crippen LogP contribution in [-0.4, -0.2) is 134 Å². The number of benzene rings is 5. The molecule has 2 heterocycles. The number of thiol groups is 1. The Labute approximate surface area is 485 Å². The van der Waals surface area contributed by atoms with Crippen molar-refractivity contribution in [2.24, 2.45) is 11.5 Å². The van der Waals surface area contributed by atoms with Crippen LogP contribution in [0.5, 0.6) is 0 Å². The second-order valence-corrected chi connectivity index (χ2v) is 20.7. The van der Waals surface area contributed by atoms with Gasteiger partial charge in [0.25, 0.3) is 0 Å². The summed E-state index contributed by atoms with van der Waals surface area (Å²) < 4.78 is 0. The fourth-order valence-electron chi connectivity index (χ4n) is 9.60. The fourth-order valence-corrected chi connectivity index (χ4v) is 9.86. The summed E-state index contributed by atoms with van der Waals surface area (Å²) >= 11 is 4.36. The van der Waals surface area contributed by atoms with Crippen LogP contribution in [0.4, 0.5) is 0 Å². The Bertz CT molecular complexity index is 3320. The third-order valence-electron chi connectivity index (χ3n) is 14.1. The van der Waals surface area contributed by atoms with Crippen LogP contribution in [0.3, 0.4) is 0 Å². The molecule has 0 spiro atoms. The summed E-state index contributed by atoms with van der Waals surface area (Å²) in [6, 6.07) is 30.2. The van der Waals surface area contributed by atoms with Gasteiger partial charge >= 0.3 is 5.97 Å². The van der Waals surface area contributed by atoms with Gasteiger partial charge in [0.2, 0.25) is 41.4 Å². The highest BCUT2D eigenvalue weighted by atomic mass is 32.1. The predicted molar refractivity (Wildman–Crippen MR) is 317 cm³/mol. The van der Waals surface area contributed by atoms with E-state index in [1.165, 1.54) is 6.92 Å². The van der Waals surface area contributed by atoms with Gasteiger partial charge in [0.15, 0.2) is 0 Å². The number of nitrogens with one attached hydrogen (secondary N) is 9. The molecule has 0 saturated heterocycles. The standard InChI is InChI=1S/C61H71N11O10S/c1-36(73)53(60(80)70-51(61(81)82)30-39-20-9-4-10-21-39)72-55(75)47(26-15-27-62)66-57(77)49(31-40-33-64-45-24-13-11-22-42(40)45)69-58(78)50(32-41-34-65-46-25-14-12-23-43(41)46)68-56(76)48(29-38-18-7-3-8-19-38)67-59(79)52(35-83)71-54(74)44(63)28-37-16-5-2-6-17-37/h2-14,16-25,33-34,36,44,47-53,64-65,73,83H,15,26-32,35,62-63H2,1H3,(H,66,77)(H,67,79)(H,68,76)(H,69,78)(H,70,80)(H,71,74)(H,72,75)(H,81,82)/t36-,44-,47+,48+,49-,50+,51+,52+,53+/m1/s1. The molecule has 0 radical (unpaired) electrons. The molecule has 9 atom stereocenters. The van der Waals surface area contributed by atoms with Crippen LogP contribution in [0.25, 0.3) is 21.8 Å². The van der Waals surface area contributed by atoms with E-state index in [0.29, 0.717) is 22.3 Å². The molecule has 7 aromatic rings. The number of aliphatic hydroxyl groups excluding tert-OH is 1. The molecule has 21 nitrogen and oxygen atoms in total. The number of hydrogen-bond donors (Lipinski definition) is 14. The normalized spacial score (nSPS) is 14.5. The third-order valence-corrected chi connectivity index (χ3v) is 14.5. The van der Waals surface area contributed by atoms with Crippen molar-refractivity contribution in [2.45, 2.75) is 106 Å². The molecule has 5 aromatic carbocycles. The fraction of sp³-hybridized carbons (Fsp3) is 0.311. The maximum Gasteiger partial charge on any atom is 0.326 e. The largest absolute Gasteiger partial charge is 0.480 e. The summed E-state index contributed by atoms with van der Waals surface area (Å²) in [6.45, 7) is 1.33. The molecular weight excluding hydrogens is 1080 g/mol. The zero-order chi connectivity index (χ0) is 59.4. The average molecular weight is 1150 g/mol. The number of carboxylic acid groups (broad SMARTS) is 1. The van der Waals surface area contributed by atoms with E-state index in [9.17, 15) is 43.8 Å². The van der Waals surface area contributed by atoms with Gasteiger partial charge in [-0.1, -0.05) is 127 Å². The number of rotatable bonds is 30. The average Bonchev–Trinajstić information content (AvgIpc) is 4.26. The van der Waals surface area contributed by atoms with Crippen LogP contribution >= 0.6 is 12.6 Å². The summed E-state index contributed by atoms with van der Waals surface area (Å²) in [6.07, 6.45) is 1.77. The van der Waals surface area contributed by atoms with Crippen molar-refractivity contribution in [3.63, 3.8) is 0 Å². The van der Waals surface area contributed by atoms with Crippen molar-refractivity contribution >= 4 is 81.8 Å². The van der Waals surface area contributed by atoms with Gasteiger partial charge in [0.1, 0.15) is 42.3 Å². The molecule has 7 amide bonds. The number of carbonyl (C=O) groups is 8. The number of carboxylic acids is 1. The predicted octanol–water partition coefficient (Wildman–Crippen LogP) is 2.02. The van der Waals surface area contributed by atoms with Crippen molar-refractivity contribution in [3.8, 4) is 0 Å². The summed E-state index contributed by atoms with van der Waals surface area (Å²) in [5, 5.41) is 41.1. The van der Waals surface area contributed by atoms with Crippen LogP contribution in [-0.2, 0) is 70.5 Å². The minimum atomic E-state index is -1.67. The number of aromatic amines is 2. The van der Waals surface area contributed by atoms with Gasteiger partial charge in [0.05, 0.1) is 12.1 Å². The number of H-pyrrole nitrogens is 2. The van der Waals surface area contributed by atoms with Gasteiger partial charge < -0.3 is 68.9 Å². The zero-order valence-electron chi connectivity index (χ0n) is 45.8. The van der Waals surface area contributed by atoms with E-state index in [1.807, 2.05) is 72.8 Å². The Kier molecular flexibility index (Phi) is 22.5. The molecule has 83 heavy (non-hydrogen) atoms. The van der Waals surface area contributed by atoms with Crippen molar-refractivity contribution in [3.05, 3.63) is 180 Å². The van der Waals surface area contributed by atoms with E-state index >= 15 is 4.79 Å². The number of aliphatic carboxylic acids is 1. The zero-order valence-corrected chi connectivity index (χ0v) is 46.7. The Morgan fingerprint density at radius 2 is 0.843 bits per heavy atom. The number of fused-ring (bicyclic) bond motifs is 2. The van der Waals surface area contributed by atoms with E-state index in [4.69, 9.17) is 11.5 Å². The van der Waals surface area contributed by atoms with E-state index < -0.39 is 102 Å². The van der Waals surface area contributed by atoms with Crippen LogP contribution in [0, 0.1) is 0 Å². The van der Waals surface area contributed by atoms with Crippen LogP contribution in [0.15, 0.2) is 152 Å². The Balaban J connectivity index is 1.16. The number of nitrogens with two attached hydrogens (primary N) is 2. The second-order valence-electron chi connectivity index (χ2n) is 20.3. The minimum Gasteiger partial charge on any atom is -0.480 e. The molecule has 0 unspecified atom stereocenters. The van der Waals surface area contributed by atoms with Crippen LogP contribution in [0.1, 0.15) is 47.6 Å². The maximum absolute atomic E-state index is 15.2. The maximum atomic E-state index is 15.2. The number of aromatic nitrogens is 2.